The molecule has 0 radical (unpaired) electrons. The summed E-state index contributed by atoms with van der Waals surface area (Å²) < 4.78 is 0. The van der Waals surface area contributed by atoms with E-state index in [0.717, 1.165) is 0 Å². The van der Waals surface area contributed by atoms with Gasteiger partial charge in [-0.2, -0.15) is 0 Å². The summed E-state index contributed by atoms with van der Waals surface area (Å²) in [6, 6.07) is 0. The van der Waals surface area contributed by atoms with Crippen LogP contribution in [0.15, 0.2) is 12.2 Å². The Labute approximate surface area is 80.1 Å². The van der Waals surface area contributed by atoms with E-state index in [0.29, 0.717) is 10.8 Å². The highest BCUT2D eigenvalue weighted by molar-refractivity contribution is 4.98. The molecular weight excluding hydrogens is 144 g/mol. The first kappa shape index (κ1) is 17.7. The minimum atomic E-state index is 0. The molecule has 0 aromatic carbocycles. The molecule has 0 fully saturated rings. The van der Waals surface area contributed by atoms with Crippen molar-refractivity contribution in [1.29, 1.82) is 0 Å². The van der Waals surface area contributed by atoms with Crippen molar-refractivity contribution in [2.45, 2.75) is 56.4 Å². The highest BCUT2D eigenvalue weighted by atomic mass is 14.1. The summed E-state index contributed by atoms with van der Waals surface area (Å²) in [5, 5.41) is 0. The highest BCUT2D eigenvalue weighted by Crippen LogP contribution is 2.21. The Kier molecular flexibility index (Phi) is 7.97. The molecule has 12 heavy (non-hydrogen) atoms. The van der Waals surface area contributed by atoms with Gasteiger partial charge in [0, 0.05) is 0 Å². The monoisotopic (exact) mass is 172 g/mol. The molecular formula is C12H28. The average molecular weight is 172 g/mol. The van der Waals surface area contributed by atoms with E-state index in [2.05, 4.69) is 53.7 Å². The number of rotatable bonds is 0. The van der Waals surface area contributed by atoms with Gasteiger partial charge in [-0.3, -0.25) is 0 Å². The fourth-order valence-corrected chi connectivity index (χ4v) is 0.500. The first-order valence-electron chi connectivity index (χ1n) is 3.91. The molecule has 0 saturated heterocycles. The SMILES string of the molecule is C.C.CC(C)(C)C=CC(C)(C)C. The normalized spacial score (nSPS) is 12.2. The third kappa shape index (κ3) is 16.4. The lowest BCUT2D eigenvalue weighted by Crippen LogP contribution is -2.04. The minimum Gasteiger partial charge on any atom is -0.0826 e. The second-order valence-corrected chi connectivity index (χ2v) is 5.07. The van der Waals surface area contributed by atoms with Crippen molar-refractivity contribution in [1.82, 2.24) is 0 Å². The van der Waals surface area contributed by atoms with E-state index in [9.17, 15) is 0 Å². The van der Waals surface area contributed by atoms with Crippen LogP contribution >= 0.6 is 0 Å². The smallest absolute Gasteiger partial charge is 0.0203 e. The van der Waals surface area contributed by atoms with Crippen molar-refractivity contribution in [3.05, 3.63) is 12.2 Å². The summed E-state index contributed by atoms with van der Waals surface area (Å²) in [7, 11) is 0. The summed E-state index contributed by atoms with van der Waals surface area (Å²) in [6.07, 6.45) is 4.54. The Hall–Kier alpha value is -0.260. The van der Waals surface area contributed by atoms with Gasteiger partial charge in [0.1, 0.15) is 0 Å². The van der Waals surface area contributed by atoms with Gasteiger partial charge in [0.15, 0.2) is 0 Å². The zero-order valence-corrected chi connectivity index (χ0v) is 8.15. The lowest BCUT2D eigenvalue weighted by Gasteiger charge is -2.17. The second-order valence-electron chi connectivity index (χ2n) is 5.07. The molecule has 0 aliphatic heterocycles. The summed E-state index contributed by atoms with van der Waals surface area (Å²) in [4.78, 5) is 0. The molecule has 0 spiro atoms. The predicted molar refractivity (Wildman–Crippen MR) is 61.5 cm³/mol. The summed E-state index contributed by atoms with van der Waals surface area (Å²) >= 11 is 0. The molecule has 0 unspecified atom stereocenters. The van der Waals surface area contributed by atoms with E-state index in [1.807, 2.05) is 0 Å². The van der Waals surface area contributed by atoms with Crippen molar-refractivity contribution < 1.29 is 0 Å². The third-order valence-electron chi connectivity index (χ3n) is 1.08. The molecule has 0 aliphatic rings. The van der Waals surface area contributed by atoms with Crippen LogP contribution in [-0.4, -0.2) is 0 Å². The number of hydrogen-bond donors (Lipinski definition) is 0. The van der Waals surface area contributed by atoms with Gasteiger partial charge in [-0.15, -0.1) is 0 Å². The Morgan fingerprint density at radius 2 is 0.750 bits per heavy atom. The minimum absolute atomic E-state index is 0. The van der Waals surface area contributed by atoms with Crippen LogP contribution in [0, 0.1) is 10.8 Å². The molecule has 0 aliphatic carbocycles. The predicted octanol–water partition coefficient (Wildman–Crippen LogP) is 4.91. The van der Waals surface area contributed by atoms with Gasteiger partial charge in [0.2, 0.25) is 0 Å². The van der Waals surface area contributed by atoms with Crippen LogP contribution in [0.3, 0.4) is 0 Å². The van der Waals surface area contributed by atoms with Crippen molar-refractivity contribution in [3.63, 3.8) is 0 Å². The van der Waals surface area contributed by atoms with Gasteiger partial charge in [0.25, 0.3) is 0 Å². The standard InChI is InChI=1S/C10H20.2CH4/c1-9(2,3)7-8-10(4,5)6;;/h7-8H,1-6H3;2*1H4. The molecule has 0 aromatic rings. The van der Waals surface area contributed by atoms with Crippen molar-refractivity contribution in [2.24, 2.45) is 10.8 Å². The van der Waals surface area contributed by atoms with E-state index in [1.165, 1.54) is 0 Å². The molecule has 0 N–H and O–H groups in total. The Morgan fingerprint density at radius 1 is 0.583 bits per heavy atom. The molecule has 0 aromatic heterocycles. The lowest BCUT2D eigenvalue weighted by atomic mass is 9.89. The van der Waals surface area contributed by atoms with E-state index < -0.39 is 0 Å². The van der Waals surface area contributed by atoms with Crippen LogP contribution < -0.4 is 0 Å². The van der Waals surface area contributed by atoms with E-state index in [-0.39, 0.29) is 14.9 Å². The van der Waals surface area contributed by atoms with Crippen LogP contribution in [-0.2, 0) is 0 Å². The average Bonchev–Trinajstić information content (AvgIpc) is 1.57. The van der Waals surface area contributed by atoms with Crippen LogP contribution in [0.5, 0.6) is 0 Å². The maximum absolute atomic E-state index is 2.27. The zero-order valence-electron chi connectivity index (χ0n) is 8.15. The van der Waals surface area contributed by atoms with Crippen LogP contribution in [0.4, 0.5) is 0 Å². The molecule has 76 valence electrons. The molecule has 0 heterocycles. The third-order valence-corrected chi connectivity index (χ3v) is 1.08. The van der Waals surface area contributed by atoms with Crippen molar-refractivity contribution in [3.8, 4) is 0 Å². The first-order valence-corrected chi connectivity index (χ1v) is 3.91. The molecule has 0 amide bonds. The Balaban J connectivity index is -0.000000405. The van der Waals surface area contributed by atoms with Gasteiger partial charge in [-0.1, -0.05) is 68.5 Å². The number of allylic oxidation sites excluding steroid dienone is 2. The fraction of sp³-hybridized carbons (Fsp3) is 0.833. The molecule has 0 heteroatoms. The van der Waals surface area contributed by atoms with Crippen LogP contribution in [0.2, 0.25) is 0 Å². The fourth-order valence-electron chi connectivity index (χ4n) is 0.500. The second kappa shape index (κ2) is 5.40. The van der Waals surface area contributed by atoms with Gasteiger partial charge in [0.05, 0.1) is 0 Å². The zero-order chi connectivity index (χ0) is 8.41. The molecule has 0 atom stereocenters. The quantitative estimate of drug-likeness (QED) is 0.456. The molecule has 0 bridgehead atoms. The van der Waals surface area contributed by atoms with Crippen molar-refractivity contribution >= 4 is 0 Å². The van der Waals surface area contributed by atoms with Gasteiger partial charge < -0.3 is 0 Å². The van der Waals surface area contributed by atoms with Crippen molar-refractivity contribution in [2.75, 3.05) is 0 Å². The lowest BCUT2D eigenvalue weighted by molar-refractivity contribution is 0.502. The maximum atomic E-state index is 2.27. The van der Waals surface area contributed by atoms with Gasteiger partial charge in [-0.25, -0.2) is 0 Å². The Morgan fingerprint density at radius 3 is 0.833 bits per heavy atom. The van der Waals surface area contributed by atoms with E-state index >= 15 is 0 Å². The highest BCUT2D eigenvalue weighted by Gasteiger charge is 2.08. The molecule has 0 nitrogen and oxygen atoms in total. The number of hydrogen-bond acceptors (Lipinski definition) is 0. The van der Waals surface area contributed by atoms with E-state index in [4.69, 9.17) is 0 Å². The van der Waals surface area contributed by atoms with E-state index in [1.54, 1.807) is 0 Å². The summed E-state index contributed by atoms with van der Waals surface area (Å²) in [6.45, 7) is 13.3. The summed E-state index contributed by atoms with van der Waals surface area (Å²) in [5.41, 5.74) is 0.653. The largest absolute Gasteiger partial charge is 0.0826 e. The van der Waals surface area contributed by atoms with Gasteiger partial charge >= 0.3 is 0 Å². The maximum Gasteiger partial charge on any atom is -0.0203 e. The van der Waals surface area contributed by atoms with Crippen LogP contribution in [0.1, 0.15) is 56.4 Å². The topological polar surface area (TPSA) is 0 Å². The Bertz CT molecular complexity index is 100.0. The summed E-state index contributed by atoms with van der Waals surface area (Å²) in [5.74, 6) is 0. The first-order chi connectivity index (χ1) is 4.21. The van der Waals surface area contributed by atoms with Crippen LogP contribution in [0.25, 0.3) is 0 Å². The van der Waals surface area contributed by atoms with Gasteiger partial charge in [-0.05, 0) is 10.8 Å². The molecule has 0 rings (SSSR count). The molecule has 0 saturated carbocycles.